The summed E-state index contributed by atoms with van der Waals surface area (Å²) in [6.45, 7) is 3.48. The molecule has 1 saturated heterocycles. The number of halogens is 1. The minimum atomic E-state index is -0.386. The van der Waals surface area contributed by atoms with E-state index >= 15 is 0 Å². The van der Waals surface area contributed by atoms with Crippen LogP contribution in [0.25, 0.3) is 11.4 Å². The summed E-state index contributed by atoms with van der Waals surface area (Å²) in [4.78, 5) is 22.1. The molecule has 0 bridgehead atoms. The number of piperazine rings is 1. The van der Waals surface area contributed by atoms with Gasteiger partial charge in [0, 0.05) is 43.3 Å². The van der Waals surface area contributed by atoms with Crippen molar-refractivity contribution < 1.29 is 9.18 Å². The van der Waals surface area contributed by atoms with Gasteiger partial charge < -0.3 is 4.90 Å². The number of hydrogen-bond acceptors (Lipinski definition) is 6. The van der Waals surface area contributed by atoms with Crippen molar-refractivity contribution in [3.8, 4) is 11.4 Å². The molecular formula is C21H22FN5OS. The summed E-state index contributed by atoms with van der Waals surface area (Å²) in [6, 6.07) is 15.4. The van der Waals surface area contributed by atoms with Crippen molar-refractivity contribution in [2.24, 2.45) is 0 Å². The molecule has 0 aliphatic carbocycles. The maximum absolute atomic E-state index is 13.2. The van der Waals surface area contributed by atoms with E-state index in [9.17, 15) is 9.18 Å². The molecule has 4 rings (SSSR count). The van der Waals surface area contributed by atoms with Gasteiger partial charge in [-0.3, -0.25) is 15.0 Å². The molecule has 1 unspecified atom stereocenters. The van der Waals surface area contributed by atoms with Crippen LogP contribution in [0.4, 0.5) is 9.52 Å². The third-order valence-corrected chi connectivity index (χ3v) is 5.66. The topological polar surface area (TPSA) is 61.4 Å². The van der Waals surface area contributed by atoms with E-state index in [1.54, 1.807) is 12.1 Å². The number of hydrogen-bond donors (Lipinski definition) is 1. The van der Waals surface area contributed by atoms with Gasteiger partial charge in [-0.25, -0.2) is 4.39 Å². The van der Waals surface area contributed by atoms with Crippen LogP contribution in [0.2, 0.25) is 0 Å². The quantitative estimate of drug-likeness (QED) is 0.698. The van der Waals surface area contributed by atoms with Crippen molar-refractivity contribution in [2.45, 2.75) is 6.04 Å². The van der Waals surface area contributed by atoms with Crippen molar-refractivity contribution in [1.82, 2.24) is 19.2 Å². The van der Waals surface area contributed by atoms with E-state index in [0.717, 1.165) is 43.3 Å². The van der Waals surface area contributed by atoms with Crippen LogP contribution in [0.3, 0.4) is 0 Å². The van der Waals surface area contributed by atoms with E-state index in [1.165, 1.54) is 12.1 Å². The van der Waals surface area contributed by atoms with Crippen molar-refractivity contribution in [1.29, 1.82) is 0 Å². The van der Waals surface area contributed by atoms with Crippen molar-refractivity contribution in [2.75, 3.05) is 38.5 Å². The van der Waals surface area contributed by atoms with Gasteiger partial charge in [0.15, 0.2) is 5.82 Å². The second-order valence-corrected chi connectivity index (χ2v) is 7.82. The van der Waals surface area contributed by atoms with Gasteiger partial charge in [-0.15, -0.1) is 0 Å². The average molecular weight is 412 g/mol. The predicted octanol–water partition coefficient (Wildman–Crippen LogP) is 3.27. The minimum Gasteiger partial charge on any atom is -0.304 e. The van der Waals surface area contributed by atoms with Gasteiger partial charge in [0.05, 0.1) is 0 Å². The zero-order chi connectivity index (χ0) is 20.2. The molecule has 1 aliphatic heterocycles. The van der Waals surface area contributed by atoms with Crippen LogP contribution in [0.5, 0.6) is 0 Å². The van der Waals surface area contributed by atoms with Gasteiger partial charge in [-0.1, -0.05) is 30.3 Å². The Morgan fingerprint density at radius 3 is 2.45 bits per heavy atom. The van der Waals surface area contributed by atoms with Gasteiger partial charge in [0.1, 0.15) is 11.9 Å². The molecule has 1 atom stereocenters. The van der Waals surface area contributed by atoms with Gasteiger partial charge in [-0.2, -0.15) is 9.36 Å². The Hall–Kier alpha value is -2.68. The average Bonchev–Trinajstić information content (AvgIpc) is 3.19. The highest BCUT2D eigenvalue weighted by atomic mass is 32.1. The molecule has 150 valence electrons. The molecule has 0 radical (unpaired) electrons. The molecule has 6 nitrogen and oxygen atoms in total. The van der Waals surface area contributed by atoms with Crippen molar-refractivity contribution in [3.05, 3.63) is 66.0 Å². The van der Waals surface area contributed by atoms with Gasteiger partial charge >= 0.3 is 0 Å². The third-order valence-electron chi connectivity index (χ3n) is 5.03. The highest BCUT2D eigenvalue weighted by molar-refractivity contribution is 7.10. The maximum Gasteiger partial charge on any atom is 0.248 e. The molecular weight excluding hydrogens is 389 g/mol. The van der Waals surface area contributed by atoms with Crippen LogP contribution in [0, 0.1) is 5.82 Å². The number of nitrogens with one attached hydrogen (secondary N) is 1. The molecule has 2 aromatic carbocycles. The van der Waals surface area contributed by atoms with E-state index < -0.39 is 0 Å². The fraction of sp³-hybridized carbons (Fsp3) is 0.286. The van der Waals surface area contributed by atoms with Gasteiger partial charge in [0.25, 0.3) is 0 Å². The van der Waals surface area contributed by atoms with Crippen LogP contribution < -0.4 is 5.32 Å². The second-order valence-electron chi connectivity index (χ2n) is 7.07. The first kappa shape index (κ1) is 19.6. The van der Waals surface area contributed by atoms with Crippen LogP contribution in [-0.2, 0) is 4.79 Å². The van der Waals surface area contributed by atoms with Crippen LogP contribution in [-0.4, -0.2) is 58.3 Å². The SMILES string of the molecule is CN1CCN(C(C(=O)Nc2nc(-c3ccc(F)cc3)ns2)c2ccccc2)CC1. The lowest BCUT2D eigenvalue weighted by atomic mass is 10.0. The Balaban J connectivity index is 1.53. The number of rotatable bonds is 5. The molecule has 1 N–H and O–H groups in total. The summed E-state index contributed by atoms with van der Waals surface area (Å²) < 4.78 is 17.4. The normalized spacial score (nSPS) is 16.5. The zero-order valence-electron chi connectivity index (χ0n) is 16.1. The van der Waals surface area contributed by atoms with E-state index in [2.05, 4.69) is 31.5 Å². The Bertz CT molecular complexity index is 955. The molecule has 0 saturated carbocycles. The van der Waals surface area contributed by atoms with E-state index in [1.807, 2.05) is 30.3 Å². The fourth-order valence-corrected chi connectivity index (χ4v) is 4.00. The lowest BCUT2D eigenvalue weighted by molar-refractivity contribution is -0.122. The predicted molar refractivity (Wildman–Crippen MR) is 112 cm³/mol. The first-order chi connectivity index (χ1) is 14.1. The van der Waals surface area contributed by atoms with E-state index in [0.29, 0.717) is 16.5 Å². The summed E-state index contributed by atoms with van der Waals surface area (Å²) in [5.41, 5.74) is 1.67. The number of nitrogens with zero attached hydrogens (tertiary/aromatic N) is 4. The summed E-state index contributed by atoms with van der Waals surface area (Å²) in [5.74, 6) is 0.0408. The largest absolute Gasteiger partial charge is 0.304 e. The molecule has 1 aliphatic rings. The minimum absolute atomic E-state index is 0.123. The number of anilines is 1. The Kier molecular flexibility index (Phi) is 5.94. The summed E-state index contributed by atoms with van der Waals surface area (Å²) in [5, 5.41) is 3.36. The van der Waals surface area contributed by atoms with Crippen LogP contribution >= 0.6 is 11.5 Å². The smallest absolute Gasteiger partial charge is 0.248 e. The van der Waals surface area contributed by atoms with Crippen LogP contribution in [0.1, 0.15) is 11.6 Å². The summed E-state index contributed by atoms with van der Waals surface area (Å²) in [6.07, 6.45) is 0. The Morgan fingerprint density at radius 2 is 1.76 bits per heavy atom. The number of carbonyl (C=O) groups excluding carboxylic acids is 1. The van der Waals surface area contributed by atoms with E-state index in [4.69, 9.17) is 0 Å². The van der Waals surface area contributed by atoms with E-state index in [-0.39, 0.29) is 17.8 Å². The molecule has 1 aromatic heterocycles. The molecule has 29 heavy (non-hydrogen) atoms. The van der Waals surface area contributed by atoms with Gasteiger partial charge in [0.2, 0.25) is 11.0 Å². The number of likely N-dealkylation sites (N-methyl/N-ethyl adjacent to an activating group) is 1. The number of amides is 1. The summed E-state index contributed by atoms with van der Waals surface area (Å²) >= 11 is 1.12. The molecule has 1 amide bonds. The number of carbonyl (C=O) groups is 1. The zero-order valence-corrected chi connectivity index (χ0v) is 16.9. The lowest BCUT2D eigenvalue weighted by Crippen LogP contribution is -2.48. The Morgan fingerprint density at radius 1 is 1.07 bits per heavy atom. The number of aromatic nitrogens is 2. The van der Waals surface area contributed by atoms with Gasteiger partial charge in [-0.05, 0) is 36.9 Å². The highest BCUT2D eigenvalue weighted by Gasteiger charge is 2.30. The lowest BCUT2D eigenvalue weighted by Gasteiger charge is -2.37. The molecule has 1 fully saturated rings. The number of benzene rings is 2. The van der Waals surface area contributed by atoms with Crippen LogP contribution in [0.15, 0.2) is 54.6 Å². The molecule has 3 aromatic rings. The maximum atomic E-state index is 13.2. The fourth-order valence-electron chi connectivity index (χ4n) is 3.41. The standard InChI is InChI=1S/C21H22FN5OS/c1-26-11-13-27(14-12-26)18(15-5-3-2-4-6-15)20(28)24-21-23-19(25-29-21)16-7-9-17(22)10-8-16/h2-10,18H,11-14H2,1H3,(H,23,24,25,28). The first-order valence-corrected chi connectivity index (χ1v) is 10.3. The summed E-state index contributed by atoms with van der Waals surface area (Å²) in [7, 11) is 2.09. The Labute approximate surface area is 173 Å². The monoisotopic (exact) mass is 411 g/mol. The van der Waals surface area contributed by atoms with Crippen molar-refractivity contribution >= 4 is 22.6 Å². The second kappa shape index (κ2) is 8.77. The first-order valence-electron chi connectivity index (χ1n) is 9.48. The molecule has 0 spiro atoms. The third kappa shape index (κ3) is 4.67. The highest BCUT2D eigenvalue weighted by Crippen LogP contribution is 2.26. The molecule has 8 heteroatoms. The molecule has 2 heterocycles. The van der Waals surface area contributed by atoms with Crippen molar-refractivity contribution in [3.63, 3.8) is 0 Å².